The lowest BCUT2D eigenvalue weighted by molar-refractivity contribution is -0.141. The van der Waals surface area contributed by atoms with Crippen LogP contribution in [0.15, 0.2) is 24.4 Å². The average Bonchev–Trinajstić information content (AvgIpc) is 2.80. The van der Waals surface area contributed by atoms with Crippen LogP contribution >= 0.6 is 0 Å². The molecule has 2 aliphatic rings. The van der Waals surface area contributed by atoms with Gasteiger partial charge < -0.3 is 9.64 Å². The predicted molar refractivity (Wildman–Crippen MR) is 120 cm³/mol. The number of anilines is 1. The third kappa shape index (κ3) is 4.80. The lowest BCUT2D eigenvalue weighted by Gasteiger charge is -2.36. The number of likely N-dealkylation sites (tertiary alicyclic amines) is 1. The summed E-state index contributed by atoms with van der Waals surface area (Å²) in [6, 6.07) is 5.48. The highest BCUT2D eigenvalue weighted by atomic mass is 16.5. The fourth-order valence-corrected chi connectivity index (χ4v) is 4.39. The van der Waals surface area contributed by atoms with Gasteiger partial charge in [-0.05, 0) is 58.6 Å². The lowest BCUT2D eigenvalue weighted by atomic mass is 9.99. The maximum absolute atomic E-state index is 12.9. The molecule has 32 heavy (non-hydrogen) atoms. The summed E-state index contributed by atoms with van der Waals surface area (Å²) in [5.74, 6) is 1.27. The summed E-state index contributed by atoms with van der Waals surface area (Å²) >= 11 is 0. The number of pyridine rings is 1. The smallest absolute Gasteiger partial charge is 0.249 e. The molecule has 0 radical (unpaired) electrons. The number of rotatable bonds is 6. The number of nitrogens with zero attached hydrogens (tertiary/aromatic N) is 5. The molecule has 2 aromatic heterocycles. The van der Waals surface area contributed by atoms with Crippen LogP contribution in [0, 0.1) is 6.92 Å². The first-order valence-corrected chi connectivity index (χ1v) is 11.4. The van der Waals surface area contributed by atoms with E-state index in [0.29, 0.717) is 37.6 Å². The van der Waals surface area contributed by atoms with Crippen molar-refractivity contribution in [2.24, 2.45) is 0 Å². The van der Waals surface area contributed by atoms with Gasteiger partial charge in [-0.2, -0.15) is 0 Å². The Bertz CT molecular complexity index is 979. The van der Waals surface area contributed by atoms with Crippen LogP contribution < -0.4 is 4.90 Å². The Kier molecular flexibility index (Phi) is 6.79. The number of hydrogen-bond acceptors (Lipinski definition) is 6. The van der Waals surface area contributed by atoms with E-state index in [2.05, 4.69) is 4.98 Å². The Morgan fingerprint density at radius 3 is 2.81 bits per heavy atom. The van der Waals surface area contributed by atoms with E-state index in [1.165, 1.54) is 0 Å². The van der Waals surface area contributed by atoms with E-state index < -0.39 is 0 Å². The third-order valence-electron chi connectivity index (χ3n) is 6.06. The van der Waals surface area contributed by atoms with Crippen molar-refractivity contribution in [3.8, 4) is 0 Å². The number of fused-ring (bicyclic) bond motifs is 1. The van der Waals surface area contributed by atoms with Crippen LogP contribution in [0.25, 0.3) is 0 Å². The van der Waals surface area contributed by atoms with E-state index in [9.17, 15) is 9.59 Å². The number of ether oxygens (including phenoxy) is 1. The normalized spacial score (nSPS) is 18.8. The molecule has 2 amide bonds. The zero-order valence-corrected chi connectivity index (χ0v) is 19.1. The maximum Gasteiger partial charge on any atom is 0.249 e. The molecule has 8 heteroatoms. The molecule has 0 spiro atoms. The van der Waals surface area contributed by atoms with Gasteiger partial charge in [0.2, 0.25) is 11.8 Å². The molecule has 1 fully saturated rings. The van der Waals surface area contributed by atoms with Gasteiger partial charge in [-0.25, -0.2) is 9.97 Å². The van der Waals surface area contributed by atoms with Crippen LogP contribution in [0.2, 0.25) is 0 Å². The molecule has 0 aliphatic carbocycles. The van der Waals surface area contributed by atoms with Gasteiger partial charge in [-0.1, -0.05) is 6.07 Å². The number of hydrogen-bond donors (Lipinski definition) is 0. The first-order chi connectivity index (χ1) is 15.4. The van der Waals surface area contributed by atoms with Crippen LogP contribution in [-0.4, -0.2) is 50.9 Å². The van der Waals surface area contributed by atoms with Gasteiger partial charge in [0.25, 0.3) is 0 Å². The minimum Gasteiger partial charge on any atom is -0.369 e. The molecule has 0 aromatic carbocycles. The number of amides is 2. The second-order valence-electron chi connectivity index (χ2n) is 8.73. The fourth-order valence-electron chi connectivity index (χ4n) is 4.39. The summed E-state index contributed by atoms with van der Waals surface area (Å²) < 4.78 is 5.56. The fraction of sp³-hybridized carbons (Fsp3) is 0.542. The standard InChI is InChI=1S/C24H31N5O3/c1-16(2)32-15-22(31)28-13-7-5-9-20(28)23-26-17(3)19-10-11-21(30)29(24(19)27-23)14-18-8-4-6-12-25-18/h4,6,8,12,16,20H,5,7,9-11,13-15H2,1-3H3/t20-/m1/s1. The van der Waals surface area contributed by atoms with E-state index in [4.69, 9.17) is 14.7 Å². The van der Waals surface area contributed by atoms with Gasteiger partial charge in [0.15, 0.2) is 5.82 Å². The van der Waals surface area contributed by atoms with E-state index in [1.54, 1.807) is 11.1 Å². The summed E-state index contributed by atoms with van der Waals surface area (Å²) in [4.78, 5) is 43.4. The Labute approximate surface area is 189 Å². The van der Waals surface area contributed by atoms with Crippen LogP contribution in [0.3, 0.4) is 0 Å². The molecule has 2 aromatic rings. The topological polar surface area (TPSA) is 88.5 Å². The molecule has 0 N–H and O–H groups in total. The molecule has 2 aliphatic heterocycles. The van der Waals surface area contributed by atoms with Crippen molar-refractivity contribution in [3.63, 3.8) is 0 Å². The molecular weight excluding hydrogens is 406 g/mol. The number of aryl methyl sites for hydroxylation is 1. The molecule has 0 unspecified atom stereocenters. The molecule has 0 saturated carbocycles. The molecule has 4 rings (SSSR count). The first-order valence-electron chi connectivity index (χ1n) is 11.4. The number of carbonyl (C=O) groups excluding carboxylic acids is 2. The minimum atomic E-state index is -0.204. The second-order valence-corrected chi connectivity index (χ2v) is 8.73. The highest BCUT2D eigenvalue weighted by molar-refractivity contribution is 5.95. The van der Waals surface area contributed by atoms with Gasteiger partial charge in [0, 0.05) is 30.4 Å². The quantitative estimate of drug-likeness (QED) is 0.690. The van der Waals surface area contributed by atoms with Crippen molar-refractivity contribution in [2.75, 3.05) is 18.1 Å². The average molecular weight is 438 g/mol. The number of carbonyl (C=O) groups is 2. The Morgan fingerprint density at radius 1 is 1.22 bits per heavy atom. The number of aromatic nitrogens is 3. The van der Waals surface area contributed by atoms with Crippen molar-refractivity contribution in [3.05, 3.63) is 47.2 Å². The van der Waals surface area contributed by atoms with Crippen LogP contribution in [0.4, 0.5) is 5.82 Å². The van der Waals surface area contributed by atoms with Gasteiger partial charge in [-0.15, -0.1) is 0 Å². The zero-order valence-electron chi connectivity index (χ0n) is 19.1. The second kappa shape index (κ2) is 9.73. The summed E-state index contributed by atoms with van der Waals surface area (Å²) in [5.41, 5.74) is 2.69. The van der Waals surface area contributed by atoms with Crippen molar-refractivity contribution in [1.82, 2.24) is 19.9 Å². The molecule has 4 heterocycles. The van der Waals surface area contributed by atoms with E-state index >= 15 is 0 Å². The summed E-state index contributed by atoms with van der Waals surface area (Å²) in [6.45, 7) is 6.91. The third-order valence-corrected chi connectivity index (χ3v) is 6.06. The number of piperidine rings is 1. The first kappa shape index (κ1) is 22.3. The highest BCUT2D eigenvalue weighted by Crippen LogP contribution is 2.34. The van der Waals surface area contributed by atoms with Crippen molar-refractivity contribution in [2.45, 2.75) is 71.6 Å². The molecule has 170 valence electrons. The largest absolute Gasteiger partial charge is 0.369 e. The Morgan fingerprint density at radius 2 is 2.06 bits per heavy atom. The van der Waals surface area contributed by atoms with E-state index in [-0.39, 0.29) is 30.6 Å². The lowest BCUT2D eigenvalue weighted by Crippen LogP contribution is -2.42. The van der Waals surface area contributed by atoms with E-state index in [1.807, 2.05) is 43.9 Å². The molecule has 1 atom stereocenters. The summed E-state index contributed by atoms with van der Waals surface area (Å²) in [5, 5.41) is 0. The van der Waals surface area contributed by atoms with Crippen LogP contribution in [0.5, 0.6) is 0 Å². The van der Waals surface area contributed by atoms with Crippen molar-refractivity contribution >= 4 is 17.6 Å². The monoisotopic (exact) mass is 437 g/mol. The summed E-state index contributed by atoms with van der Waals surface area (Å²) in [7, 11) is 0. The van der Waals surface area contributed by atoms with E-state index in [0.717, 1.165) is 36.2 Å². The molecule has 0 bridgehead atoms. The van der Waals surface area contributed by atoms with Crippen LogP contribution in [0.1, 0.15) is 68.3 Å². The van der Waals surface area contributed by atoms with Gasteiger partial charge in [0.1, 0.15) is 12.4 Å². The molecule has 1 saturated heterocycles. The van der Waals surface area contributed by atoms with Crippen molar-refractivity contribution in [1.29, 1.82) is 0 Å². The highest BCUT2D eigenvalue weighted by Gasteiger charge is 2.34. The van der Waals surface area contributed by atoms with Gasteiger partial charge >= 0.3 is 0 Å². The van der Waals surface area contributed by atoms with Gasteiger partial charge in [-0.3, -0.25) is 19.5 Å². The summed E-state index contributed by atoms with van der Waals surface area (Å²) in [6.07, 6.45) is 5.56. The predicted octanol–water partition coefficient (Wildman–Crippen LogP) is 3.14. The van der Waals surface area contributed by atoms with Gasteiger partial charge in [0.05, 0.1) is 24.4 Å². The zero-order chi connectivity index (χ0) is 22.7. The molecular formula is C24H31N5O3. The van der Waals surface area contributed by atoms with Crippen molar-refractivity contribution < 1.29 is 14.3 Å². The molecule has 8 nitrogen and oxygen atoms in total. The van der Waals surface area contributed by atoms with Crippen LogP contribution in [-0.2, 0) is 27.3 Å². The Hall–Kier alpha value is -2.87. The minimum absolute atomic E-state index is 0.00408. The maximum atomic E-state index is 12.9. The SMILES string of the molecule is Cc1nc([C@H]2CCCCN2C(=O)COC(C)C)nc2c1CCC(=O)N2Cc1ccccn1. The Balaban J connectivity index is 1.66.